The smallest absolute Gasteiger partial charge is 0.255 e. The molecule has 0 saturated heterocycles. The Bertz CT molecular complexity index is 1240. The SMILES string of the molecule is C=CS(=O)(=O)Nc1cc2c(Nc3ccc4scnc4c3)ncnc2cn1. The number of nitrogens with zero attached hydrogens (tertiary/aromatic N) is 4. The molecule has 3 heterocycles. The van der Waals surface area contributed by atoms with E-state index in [9.17, 15) is 8.42 Å². The molecule has 4 rings (SSSR count). The fourth-order valence-corrected chi connectivity index (χ4v) is 3.52. The normalized spacial score (nSPS) is 11.5. The Morgan fingerprint density at radius 2 is 1.96 bits per heavy atom. The second kappa shape index (κ2) is 6.32. The molecule has 10 heteroatoms. The van der Waals surface area contributed by atoms with Gasteiger partial charge in [0.05, 0.1) is 27.4 Å². The minimum absolute atomic E-state index is 0.158. The first-order valence-electron chi connectivity index (χ1n) is 7.40. The fraction of sp³-hybridized carbons (Fsp3) is 0. The van der Waals surface area contributed by atoms with E-state index in [1.54, 1.807) is 22.9 Å². The van der Waals surface area contributed by atoms with Gasteiger partial charge in [0, 0.05) is 16.5 Å². The average molecular weight is 384 g/mol. The van der Waals surface area contributed by atoms with Crippen molar-refractivity contribution < 1.29 is 8.42 Å². The lowest BCUT2D eigenvalue weighted by Crippen LogP contribution is -2.09. The van der Waals surface area contributed by atoms with Crippen LogP contribution < -0.4 is 10.0 Å². The molecule has 1 aromatic carbocycles. The van der Waals surface area contributed by atoms with Gasteiger partial charge in [0.15, 0.2) is 0 Å². The largest absolute Gasteiger partial charge is 0.340 e. The van der Waals surface area contributed by atoms with Crippen molar-refractivity contribution in [3.8, 4) is 0 Å². The monoisotopic (exact) mass is 384 g/mol. The number of benzene rings is 1. The fourth-order valence-electron chi connectivity index (χ4n) is 2.37. The molecule has 26 heavy (non-hydrogen) atoms. The van der Waals surface area contributed by atoms with E-state index >= 15 is 0 Å². The Hall–Kier alpha value is -3.11. The van der Waals surface area contributed by atoms with Crippen molar-refractivity contribution in [1.29, 1.82) is 0 Å². The van der Waals surface area contributed by atoms with Crippen LogP contribution in [0.25, 0.3) is 21.1 Å². The van der Waals surface area contributed by atoms with Crippen LogP contribution in [0.5, 0.6) is 0 Å². The maximum Gasteiger partial charge on any atom is 0.255 e. The van der Waals surface area contributed by atoms with Gasteiger partial charge in [-0.2, -0.15) is 0 Å². The number of rotatable bonds is 5. The highest BCUT2D eigenvalue weighted by atomic mass is 32.2. The standard InChI is InChI=1S/C16H12N6O2S2/c1-2-26(23,24)22-15-6-11-13(7-17-15)18-8-19-16(11)21-10-3-4-14-12(5-10)20-9-25-14/h2-9H,1H2,(H,17,22)(H,18,19,21). The molecule has 4 aromatic rings. The van der Waals surface area contributed by atoms with Crippen LogP contribution in [0.15, 0.2) is 54.3 Å². The van der Waals surface area contributed by atoms with Crippen LogP contribution in [0.3, 0.4) is 0 Å². The van der Waals surface area contributed by atoms with E-state index in [2.05, 4.69) is 36.6 Å². The highest BCUT2D eigenvalue weighted by molar-refractivity contribution is 7.95. The van der Waals surface area contributed by atoms with E-state index in [0.717, 1.165) is 21.3 Å². The molecule has 0 bridgehead atoms. The molecule has 0 atom stereocenters. The van der Waals surface area contributed by atoms with Gasteiger partial charge in [0.25, 0.3) is 10.0 Å². The van der Waals surface area contributed by atoms with E-state index < -0.39 is 10.0 Å². The molecule has 0 aliphatic heterocycles. The maximum atomic E-state index is 11.7. The number of aromatic nitrogens is 4. The molecule has 0 saturated carbocycles. The van der Waals surface area contributed by atoms with Crippen LogP contribution in [0.2, 0.25) is 0 Å². The first kappa shape index (κ1) is 16.4. The highest BCUT2D eigenvalue weighted by Crippen LogP contribution is 2.27. The number of anilines is 3. The Labute approximate surface area is 152 Å². The number of hydrogen-bond acceptors (Lipinski definition) is 8. The van der Waals surface area contributed by atoms with E-state index in [-0.39, 0.29) is 5.82 Å². The van der Waals surface area contributed by atoms with E-state index in [1.165, 1.54) is 12.5 Å². The van der Waals surface area contributed by atoms with Crippen LogP contribution in [-0.4, -0.2) is 28.4 Å². The maximum absolute atomic E-state index is 11.7. The van der Waals surface area contributed by atoms with Crippen molar-refractivity contribution in [2.45, 2.75) is 0 Å². The summed E-state index contributed by atoms with van der Waals surface area (Å²) in [5, 5.41) is 4.67. The quantitative estimate of drug-likeness (QED) is 0.543. The molecule has 0 aliphatic carbocycles. The summed E-state index contributed by atoms with van der Waals surface area (Å²) < 4.78 is 26.7. The second-order valence-electron chi connectivity index (χ2n) is 5.28. The topological polar surface area (TPSA) is 110 Å². The summed E-state index contributed by atoms with van der Waals surface area (Å²) in [6, 6.07) is 7.39. The Morgan fingerprint density at radius 1 is 1.08 bits per heavy atom. The second-order valence-corrected chi connectivity index (χ2v) is 7.80. The molecule has 130 valence electrons. The molecular formula is C16H12N6O2S2. The summed E-state index contributed by atoms with van der Waals surface area (Å²) in [6.07, 6.45) is 2.90. The van der Waals surface area contributed by atoms with Crippen LogP contribution in [-0.2, 0) is 10.0 Å². The van der Waals surface area contributed by atoms with E-state index in [1.807, 2.05) is 18.2 Å². The van der Waals surface area contributed by atoms with Crippen LogP contribution in [0, 0.1) is 0 Å². The van der Waals surface area contributed by atoms with Gasteiger partial charge in [0.1, 0.15) is 18.0 Å². The molecule has 2 N–H and O–H groups in total. The Morgan fingerprint density at radius 3 is 2.81 bits per heavy atom. The molecule has 0 radical (unpaired) electrons. The lowest BCUT2D eigenvalue weighted by Gasteiger charge is -2.10. The van der Waals surface area contributed by atoms with Crippen molar-refractivity contribution in [1.82, 2.24) is 19.9 Å². The van der Waals surface area contributed by atoms with Gasteiger partial charge < -0.3 is 5.32 Å². The van der Waals surface area contributed by atoms with Crippen molar-refractivity contribution in [2.24, 2.45) is 0 Å². The zero-order chi connectivity index (χ0) is 18.1. The van der Waals surface area contributed by atoms with Crippen LogP contribution >= 0.6 is 11.3 Å². The van der Waals surface area contributed by atoms with Gasteiger partial charge in [-0.1, -0.05) is 6.58 Å². The minimum Gasteiger partial charge on any atom is -0.340 e. The highest BCUT2D eigenvalue weighted by Gasteiger charge is 2.10. The number of nitrogens with one attached hydrogen (secondary N) is 2. The zero-order valence-electron chi connectivity index (χ0n) is 13.2. The molecule has 0 fully saturated rings. The number of pyridine rings is 1. The molecule has 3 aromatic heterocycles. The summed E-state index contributed by atoms with van der Waals surface area (Å²) >= 11 is 1.57. The van der Waals surface area contributed by atoms with Gasteiger partial charge in [0.2, 0.25) is 0 Å². The predicted molar refractivity (Wildman–Crippen MR) is 103 cm³/mol. The zero-order valence-corrected chi connectivity index (χ0v) is 14.9. The Kier molecular flexibility index (Phi) is 3.98. The number of fused-ring (bicyclic) bond motifs is 2. The Balaban J connectivity index is 1.74. The summed E-state index contributed by atoms with van der Waals surface area (Å²) in [5.41, 5.74) is 4.07. The lowest BCUT2D eigenvalue weighted by molar-refractivity contribution is 0.609. The van der Waals surface area contributed by atoms with Crippen molar-refractivity contribution in [3.05, 3.63) is 54.3 Å². The summed E-state index contributed by atoms with van der Waals surface area (Å²) in [4.78, 5) is 16.8. The average Bonchev–Trinajstić information content (AvgIpc) is 3.10. The minimum atomic E-state index is -3.65. The number of hydrogen-bond donors (Lipinski definition) is 2. The first-order valence-corrected chi connectivity index (χ1v) is 9.83. The summed E-state index contributed by atoms with van der Waals surface area (Å²) in [5.74, 6) is 0.691. The van der Waals surface area contributed by atoms with Gasteiger partial charge in [-0.15, -0.1) is 11.3 Å². The van der Waals surface area contributed by atoms with Crippen molar-refractivity contribution in [2.75, 3.05) is 10.0 Å². The van der Waals surface area contributed by atoms with Gasteiger partial charge in [-0.25, -0.2) is 28.4 Å². The molecule has 8 nitrogen and oxygen atoms in total. The van der Waals surface area contributed by atoms with E-state index in [0.29, 0.717) is 16.7 Å². The van der Waals surface area contributed by atoms with Crippen molar-refractivity contribution in [3.63, 3.8) is 0 Å². The van der Waals surface area contributed by atoms with Crippen LogP contribution in [0.4, 0.5) is 17.3 Å². The van der Waals surface area contributed by atoms with Crippen molar-refractivity contribution >= 4 is 59.8 Å². The number of sulfonamides is 1. The lowest BCUT2D eigenvalue weighted by atomic mass is 10.2. The molecule has 0 spiro atoms. The number of thiazole rings is 1. The third kappa shape index (κ3) is 3.19. The van der Waals surface area contributed by atoms with Gasteiger partial charge in [-0.3, -0.25) is 4.72 Å². The molecule has 0 amide bonds. The molecule has 0 aliphatic rings. The first-order chi connectivity index (χ1) is 12.5. The van der Waals surface area contributed by atoms with Gasteiger partial charge in [-0.05, 0) is 24.3 Å². The third-order valence-electron chi connectivity index (χ3n) is 3.58. The van der Waals surface area contributed by atoms with Gasteiger partial charge >= 0.3 is 0 Å². The predicted octanol–water partition coefficient (Wildman–Crippen LogP) is 3.26. The summed E-state index contributed by atoms with van der Waals surface area (Å²) in [6.45, 7) is 3.26. The molecule has 0 unspecified atom stereocenters. The third-order valence-corrected chi connectivity index (χ3v) is 5.32. The van der Waals surface area contributed by atoms with Crippen LogP contribution in [0.1, 0.15) is 0 Å². The van der Waals surface area contributed by atoms with E-state index in [4.69, 9.17) is 0 Å². The summed E-state index contributed by atoms with van der Waals surface area (Å²) in [7, 11) is -3.65. The molecular weight excluding hydrogens is 372 g/mol.